The van der Waals surface area contributed by atoms with Crippen molar-refractivity contribution in [1.29, 1.82) is 0 Å². The average Bonchev–Trinajstić information content (AvgIpc) is 2.67. The standard InChI is InChI=1S/C22H23FN2O4/c1-15(26)29-20-7-3-5-17(14-20)22(28)25-10-8-19(9-11-25)24-21(27)13-16-4-2-6-18(23)12-16/h2-7,12,14,19H,8-11,13H2,1H3,(H,24,27). The lowest BCUT2D eigenvalue weighted by atomic mass is 10.0. The van der Waals surface area contributed by atoms with Crippen molar-refractivity contribution in [2.45, 2.75) is 32.2 Å². The summed E-state index contributed by atoms with van der Waals surface area (Å²) in [7, 11) is 0. The number of esters is 1. The summed E-state index contributed by atoms with van der Waals surface area (Å²) in [5, 5.41) is 2.96. The molecule has 7 heteroatoms. The van der Waals surface area contributed by atoms with E-state index in [1.54, 1.807) is 41.3 Å². The number of amides is 2. The first-order chi connectivity index (χ1) is 13.9. The lowest BCUT2D eigenvalue weighted by Gasteiger charge is -2.32. The molecular formula is C22H23FN2O4. The predicted molar refractivity (Wildman–Crippen MR) is 105 cm³/mol. The van der Waals surface area contributed by atoms with Crippen molar-refractivity contribution in [3.05, 3.63) is 65.5 Å². The van der Waals surface area contributed by atoms with E-state index in [2.05, 4.69) is 5.32 Å². The fraction of sp³-hybridized carbons (Fsp3) is 0.318. The zero-order valence-corrected chi connectivity index (χ0v) is 16.2. The summed E-state index contributed by atoms with van der Waals surface area (Å²) in [4.78, 5) is 37.7. The van der Waals surface area contributed by atoms with Gasteiger partial charge < -0.3 is 15.0 Å². The SMILES string of the molecule is CC(=O)Oc1cccc(C(=O)N2CCC(NC(=O)Cc3cccc(F)c3)CC2)c1. The summed E-state index contributed by atoms with van der Waals surface area (Å²) in [6.07, 6.45) is 1.41. The van der Waals surface area contributed by atoms with Crippen LogP contribution >= 0.6 is 0 Å². The van der Waals surface area contributed by atoms with Gasteiger partial charge in [-0.2, -0.15) is 0 Å². The Bertz CT molecular complexity index is 907. The van der Waals surface area contributed by atoms with Crippen LogP contribution < -0.4 is 10.1 Å². The fourth-order valence-electron chi connectivity index (χ4n) is 3.38. The molecule has 0 aliphatic carbocycles. The number of piperidine rings is 1. The third kappa shape index (κ3) is 5.88. The van der Waals surface area contributed by atoms with Crippen molar-refractivity contribution >= 4 is 17.8 Å². The number of carbonyl (C=O) groups excluding carboxylic acids is 3. The molecule has 0 bridgehead atoms. The molecule has 1 fully saturated rings. The lowest BCUT2D eigenvalue weighted by Crippen LogP contribution is -2.46. The molecule has 2 aromatic carbocycles. The molecule has 29 heavy (non-hydrogen) atoms. The van der Waals surface area contributed by atoms with E-state index in [4.69, 9.17) is 4.74 Å². The van der Waals surface area contributed by atoms with Crippen LogP contribution in [-0.2, 0) is 16.0 Å². The first kappa shape index (κ1) is 20.5. The maximum Gasteiger partial charge on any atom is 0.308 e. The van der Waals surface area contributed by atoms with Gasteiger partial charge in [0.2, 0.25) is 5.91 Å². The van der Waals surface area contributed by atoms with E-state index in [0.29, 0.717) is 42.8 Å². The predicted octanol–water partition coefficient (Wildman–Crippen LogP) is 2.71. The first-order valence-corrected chi connectivity index (χ1v) is 9.52. The number of ether oxygens (including phenoxy) is 1. The molecule has 1 heterocycles. The minimum Gasteiger partial charge on any atom is -0.427 e. The lowest BCUT2D eigenvalue weighted by molar-refractivity contribution is -0.131. The molecule has 3 rings (SSSR count). The van der Waals surface area contributed by atoms with Crippen molar-refractivity contribution in [3.8, 4) is 5.75 Å². The Hall–Kier alpha value is -3.22. The van der Waals surface area contributed by atoms with Gasteiger partial charge in [-0.15, -0.1) is 0 Å². The van der Waals surface area contributed by atoms with Gasteiger partial charge in [-0.3, -0.25) is 14.4 Å². The normalized spacial score (nSPS) is 14.3. The molecule has 0 aromatic heterocycles. The van der Waals surface area contributed by atoms with E-state index in [9.17, 15) is 18.8 Å². The van der Waals surface area contributed by atoms with E-state index in [0.717, 1.165) is 0 Å². The van der Waals surface area contributed by atoms with Crippen molar-refractivity contribution in [2.75, 3.05) is 13.1 Å². The van der Waals surface area contributed by atoms with E-state index in [-0.39, 0.29) is 30.1 Å². The average molecular weight is 398 g/mol. The number of benzene rings is 2. The van der Waals surface area contributed by atoms with E-state index in [1.807, 2.05) is 0 Å². The van der Waals surface area contributed by atoms with Crippen LogP contribution in [0.4, 0.5) is 4.39 Å². The maximum atomic E-state index is 13.2. The number of nitrogens with one attached hydrogen (secondary N) is 1. The van der Waals surface area contributed by atoms with Gasteiger partial charge in [-0.1, -0.05) is 18.2 Å². The second kappa shape index (κ2) is 9.32. The van der Waals surface area contributed by atoms with Crippen LogP contribution in [-0.4, -0.2) is 41.8 Å². The smallest absolute Gasteiger partial charge is 0.308 e. The molecule has 2 aromatic rings. The third-order valence-electron chi connectivity index (χ3n) is 4.74. The highest BCUT2D eigenvalue weighted by molar-refractivity contribution is 5.94. The Kier molecular flexibility index (Phi) is 6.59. The maximum absolute atomic E-state index is 13.2. The monoisotopic (exact) mass is 398 g/mol. The number of halogens is 1. The molecule has 0 spiro atoms. The molecular weight excluding hydrogens is 375 g/mol. The summed E-state index contributed by atoms with van der Waals surface area (Å²) in [5.41, 5.74) is 1.08. The van der Waals surface area contributed by atoms with Gasteiger partial charge in [0.05, 0.1) is 6.42 Å². The van der Waals surface area contributed by atoms with Crippen LogP contribution in [0.25, 0.3) is 0 Å². The third-order valence-corrected chi connectivity index (χ3v) is 4.74. The molecule has 6 nitrogen and oxygen atoms in total. The van der Waals surface area contributed by atoms with Crippen LogP contribution in [0.15, 0.2) is 48.5 Å². The summed E-state index contributed by atoms with van der Waals surface area (Å²) >= 11 is 0. The number of rotatable bonds is 5. The number of carbonyl (C=O) groups is 3. The molecule has 0 saturated carbocycles. The molecule has 1 N–H and O–H groups in total. The van der Waals surface area contributed by atoms with Gasteiger partial charge in [0.15, 0.2) is 0 Å². The molecule has 1 aliphatic heterocycles. The van der Waals surface area contributed by atoms with Crippen LogP contribution in [0.5, 0.6) is 5.75 Å². The summed E-state index contributed by atoms with van der Waals surface area (Å²) in [5.74, 6) is -0.759. The Morgan fingerprint density at radius 3 is 2.52 bits per heavy atom. The zero-order chi connectivity index (χ0) is 20.8. The quantitative estimate of drug-likeness (QED) is 0.621. The van der Waals surface area contributed by atoms with Crippen molar-refractivity contribution in [3.63, 3.8) is 0 Å². The Morgan fingerprint density at radius 1 is 1.10 bits per heavy atom. The van der Waals surface area contributed by atoms with Crippen molar-refractivity contribution in [2.24, 2.45) is 0 Å². The largest absolute Gasteiger partial charge is 0.427 e. The second-order valence-electron chi connectivity index (χ2n) is 7.06. The van der Waals surface area contributed by atoms with E-state index in [1.165, 1.54) is 19.1 Å². The second-order valence-corrected chi connectivity index (χ2v) is 7.06. The Balaban J connectivity index is 1.50. The van der Waals surface area contributed by atoms with Crippen LogP contribution in [0.1, 0.15) is 35.7 Å². The highest BCUT2D eigenvalue weighted by Crippen LogP contribution is 2.18. The minimum absolute atomic E-state index is 0.0208. The first-order valence-electron chi connectivity index (χ1n) is 9.52. The van der Waals surface area contributed by atoms with Gasteiger partial charge in [0.1, 0.15) is 11.6 Å². The number of hydrogen-bond acceptors (Lipinski definition) is 4. The van der Waals surface area contributed by atoms with E-state index >= 15 is 0 Å². The molecule has 1 saturated heterocycles. The zero-order valence-electron chi connectivity index (χ0n) is 16.2. The van der Waals surface area contributed by atoms with Gasteiger partial charge >= 0.3 is 5.97 Å². The van der Waals surface area contributed by atoms with Gasteiger partial charge in [0, 0.05) is 31.6 Å². The van der Waals surface area contributed by atoms with Crippen molar-refractivity contribution < 1.29 is 23.5 Å². The van der Waals surface area contributed by atoms with Gasteiger partial charge in [0.25, 0.3) is 5.91 Å². The van der Waals surface area contributed by atoms with Crippen molar-refractivity contribution in [1.82, 2.24) is 10.2 Å². The molecule has 152 valence electrons. The molecule has 2 amide bonds. The van der Waals surface area contributed by atoms with Gasteiger partial charge in [-0.25, -0.2) is 4.39 Å². The summed E-state index contributed by atoms with van der Waals surface area (Å²) in [6.45, 7) is 2.34. The Morgan fingerprint density at radius 2 is 1.83 bits per heavy atom. The van der Waals surface area contributed by atoms with Crippen LogP contribution in [0.3, 0.4) is 0 Å². The van der Waals surface area contributed by atoms with E-state index < -0.39 is 5.97 Å². The molecule has 1 aliphatic rings. The van der Waals surface area contributed by atoms with Crippen LogP contribution in [0, 0.1) is 5.82 Å². The number of likely N-dealkylation sites (tertiary alicyclic amines) is 1. The fourth-order valence-corrected chi connectivity index (χ4v) is 3.38. The molecule has 0 atom stereocenters. The number of hydrogen-bond donors (Lipinski definition) is 1. The highest BCUT2D eigenvalue weighted by atomic mass is 19.1. The number of nitrogens with zero attached hydrogens (tertiary/aromatic N) is 1. The van der Waals surface area contributed by atoms with Crippen LogP contribution in [0.2, 0.25) is 0 Å². The molecule has 0 radical (unpaired) electrons. The topological polar surface area (TPSA) is 75.7 Å². The Labute approximate surface area is 168 Å². The molecule has 0 unspecified atom stereocenters. The van der Waals surface area contributed by atoms with Gasteiger partial charge in [-0.05, 0) is 48.7 Å². The minimum atomic E-state index is -0.440. The highest BCUT2D eigenvalue weighted by Gasteiger charge is 2.25. The summed E-state index contributed by atoms with van der Waals surface area (Å²) in [6, 6.07) is 12.5. The summed E-state index contributed by atoms with van der Waals surface area (Å²) < 4.78 is 18.3.